The van der Waals surface area contributed by atoms with Crippen molar-refractivity contribution in [1.82, 2.24) is 5.32 Å². The Bertz CT molecular complexity index is 432. The molecular weight excluding hydrogens is 394 g/mol. The van der Waals surface area contributed by atoms with E-state index in [-0.39, 0.29) is 5.91 Å². The summed E-state index contributed by atoms with van der Waals surface area (Å²) in [5.74, 6) is 1.03. The Balaban J connectivity index is 2.61. The van der Waals surface area contributed by atoms with Crippen molar-refractivity contribution in [2.75, 3.05) is 11.5 Å². The molecule has 0 aromatic carbocycles. The second kappa shape index (κ2) is 11.9. The maximum atomic E-state index is 12.5. The van der Waals surface area contributed by atoms with Crippen LogP contribution in [0.4, 0.5) is 0 Å². The van der Waals surface area contributed by atoms with Crippen molar-refractivity contribution in [3.8, 4) is 0 Å². The molecule has 0 saturated carbocycles. The molecule has 1 rings (SSSR count). The Morgan fingerprint density at radius 3 is 2.68 bits per heavy atom. The zero-order valence-corrected chi connectivity index (χ0v) is 18.8. The lowest BCUT2D eigenvalue weighted by atomic mass is 10.0. The van der Waals surface area contributed by atoms with Crippen LogP contribution >= 0.6 is 43.2 Å². The molecule has 0 aliphatic carbocycles. The van der Waals surface area contributed by atoms with Crippen LogP contribution in [-0.4, -0.2) is 44.5 Å². The van der Waals surface area contributed by atoms with E-state index in [2.05, 4.69) is 19.2 Å². The van der Waals surface area contributed by atoms with Gasteiger partial charge in [-0.1, -0.05) is 76.3 Å². The molecule has 0 unspecified atom stereocenters. The number of carboxylic acids is 1. The predicted octanol–water partition coefficient (Wildman–Crippen LogP) is 5.09. The van der Waals surface area contributed by atoms with Crippen molar-refractivity contribution in [2.24, 2.45) is 5.92 Å². The maximum absolute atomic E-state index is 12.5. The van der Waals surface area contributed by atoms with E-state index in [1.165, 1.54) is 25.7 Å². The fourth-order valence-corrected chi connectivity index (χ4v) is 7.62. The fourth-order valence-electron chi connectivity index (χ4n) is 2.25. The van der Waals surface area contributed by atoms with Crippen molar-refractivity contribution in [3.63, 3.8) is 0 Å². The van der Waals surface area contributed by atoms with Gasteiger partial charge in [-0.15, -0.1) is 0 Å². The van der Waals surface area contributed by atoms with Gasteiger partial charge in [-0.05, 0) is 32.6 Å². The number of rotatable bonds is 6. The summed E-state index contributed by atoms with van der Waals surface area (Å²) >= 11 is 0. The average Bonchev–Trinajstić information content (AvgIpc) is 2.52. The number of amides is 1. The van der Waals surface area contributed by atoms with Gasteiger partial charge in [0.25, 0.3) is 0 Å². The van der Waals surface area contributed by atoms with Crippen LogP contribution in [0.1, 0.15) is 59.8 Å². The first kappa shape index (κ1) is 23.4. The summed E-state index contributed by atoms with van der Waals surface area (Å²) in [4.78, 5) is 23.8. The van der Waals surface area contributed by atoms with Gasteiger partial charge in [-0.25, -0.2) is 4.79 Å². The Hall–Kier alpha value is 0.340. The van der Waals surface area contributed by atoms with E-state index >= 15 is 0 Å². The van der Waals surface area contributed by atoms with Gasteiger partial charge in [0.2, 0.25) is 5.91 Å². The number of hydrogen-bond donors (Lipinski definition) is 2. The van der Waals surface area contributed by atoms with Crippen LogP contribution in [0.3, 0.4) is 0 Å². The zero-order valence-electron chi connectivity index (χ0n) is 15.6. The normalized spacial score (nSPS) is 25.7. The second-order valence-corrected chi connectivity index (χ2v) is 13.0. The molecule has 25 heavy (non-hydrogen) atoms. The molecule has 0 radical (unpaired) electrons. The summed E-state index contributed by atoms with van der Waals surface area (Å²) in [6, 6.07) is -0.818. The van der Waals surface area contributed by atoms with Crippen LogP contribution in [0.15, 0.2) is 0 Å². The number of aliphatic carboxylic acids is 1. The first-order valence-corrected chi connectivity index (χ1v) is 13.5. The highest BCUT2D eigenvalue weighted by Gasteiger charge is 2.33. The molecule has 2 atom stereocenters. The Kier molecular flexibility index (Phi) is 11.2. The number of carbonyl (C=O) groups is 2. The molecule has 0 spiro atoms. The molecule has 1 aliphatic rings. The Labute approximate surface area is 168 Å². The van der Waals surface area contributed by atoms with Crippen LogP contribution in [0.25, 0.3) is 0 Å². The van der Waals surface area contributed by atoms with E-state index in [0.29, 0.717) is 11.0 Å². The van der Waals surface area contributed by atoms with E-state index in [0.717, 1.165) is 18.1 Å². The van der Waals surface area contributed by atoms with E-state index < -0.39 is 16.8 Å². The van der Waals surface area contributed by atoms with Gasteiger partial charge in [-0.2, -0.15) is 0 Å². The summed E-state index contributed by atoms with van der Waals surface area (Å²) in [7, 11) is 6.65. The molecule has 0 bridgehead atoms. The third-order valence-corrected chi connectivity index (χ3v) is 10.2. The van der Waals surface area contributed by atoms with Crippen LogP contribution in [-0.2, 0) is 9.59 Å². The molecule has 146 valence electrons. The Morgan fingerprint density at radius 2 is 2.04 bits per heavy atom. The molecule has 1 heterocycles. The third-order valence-electron chi connectivity index (χ3n) is 3.94. The van der Waals surface area contributed by atoms with Crippen molar-refractivity contribution in [3.05, 3.63) is 0 Å². The van der Waals surface area contributed by atoms with Crippen molar-refractivity contribution < 1.29 is 14.7 Å². The van der Waals surface area contributed by atoms with Crippen LogP contribution in [0, 0.1) is 5.92 Å². The minimum atomic E-state index is -0.963. The molecule has 1 saturated heterocycles. The lowest BCUT2D eigenvalue weighted by Crippen LogP contribution is -2.49. The SMILES string of the molecule is CC(C)CCCC[C@@H]1CCSSC[C@H](C(=O)O)NC(=O)C(C)(C)SS1. The van der Waals surface area contributed by atoms with E-state index in [1.54, 1.807) is 43.2 Å². The highest BCUT2D eigenvalue weighted by molar-refractivity contribution is 8.77. The van der Waals surface area contributed by atoms with Gasteiger partial charge >= 0.3 is 5.97 Å². The summed E-state index contributed by atoms with van der Waals surface area (Å²) in [5.41, 5.74) is 0. The van der Waals surface area contributed by atoms with Gasteiger partial charge in [0.1, 0.15) is 6.04 Å². The lowest BCUT2D eigenvalue weighted by molar-refractivity contribution is -0.141. The minimum absolute atomic E-state index is 0.192. The zero-order chi connectivity index (χ0) is 18.9. The van der Waals surface area contributed by atoms with Gasteiger partial charge < -0.3 is 10.4 Å². The van der Waals surface area contributed by atoms with Crippen molar-refractivity contribution in [1.29, 1.82) is 0 Å². The largest absolute Gasteiger partial charge is 0.480 e. The quantitative estimate of drug-likeness (QED) is 0.454. The molecule has 4 nitrogen and oxygen atoms in total. The van der Waals surface area contributed by atoms with Crippen LogP contribution in [0.2, 0.25) is 0 Å². The standard InChI is InChI=1S/C17H31NO3S4/c1-12(2)7-5-6-8-13-9-10-22-23-11-14(15(19)20)18-16(21)17(3,4)25-24-13/h12-14H,5-11H2,1-4H3,(H,18,21)(H,19,20)/t13-,14-/m1/s1. The third kappa shape index (κ3) is 9.73. The second-order valence-electron chi connectivity index (χ2n) is 7.25. The van der Waals surface area contributed by atoms with Gasteiger partial charge in [0.05, 0.1) is 4.75 Å². The first-order chi connectivity index (χ1) is 11.7. The first-order valence-electron chi connectivity index (χ1n) is 8.85. The number of carboxylic acid groups (broad SMARTS) is 1. The minimum Gasteiger partial charge on any atom is -0.480 e. The van der Waals surface area contributed by atoms with E-state index in [4.69, 9.17) is 0 Å². The molecule has 0 aromatic heterocycles. The van der Waals surface area contributed by atoms with Gasteiger partial charge in [0, 0.05) is 16.8 Å². The topological polar surface area (TPSA) is 66.4 Å². The molecular formula is C17H31NO3S4. The fraction of sp³-hybridized carbons (Fsp3) is 0.882. The monoisotopic (exact) mass is 425 g/mol. The number of hydrogen-bond acceptors (Lipinski definition) is 6. The van der Waals surface area contributed by atoms with E-state index in [1.807, 2.05) is 13.8 Å². The molecule has 1 amide bonds. The molecule has 1 fully saturated rings. The van der Waals surface area contributed by atoms with Crippen molar-refractivity contribution >= 4 is 55.1 Å². The number of nitrogens with one attached hydrogen (secondary N) is 1. The van der Waals surface area contributed by atoms with Gasteiger partial charge in [0.15, 0.2) is 0 Å². The lowest BCUT2D eigenvalue weighted by Gasteiger charge is -2.27. The van der Waals surface area contributed by atoms with Crippen LogP contribution in [0.5, 0.6) is 0 Å². The van der Waals surface area contributed by atoms with Gasteiger partial charge in [-0.3, -0.25) is 4.79 Å². The smallest absolute Gasteiger partial charge is 0.327 e. The number of unbranched alkanes of at least 4 members (excludes halogenated alkanes) is 1. The summed E-state index contributed by atoms with van der Waals surface area (Å²) < 4.78 is -0.633. The maximum Gasteiger partial charge on any atom is 0.327 e. The summed E-state index contributed by atoms with van der Waals surface area (Å²) in [6.45, 7) is 8.28. The van der Waals surface area contributed by atoms with Crippen LogP contribution < -0.4 is 5.32 Å². The highest BCUT2D eigenvalue weighted by Crippen LogP contribution is 2.42. The molecule has 0 aromatic rings. The molecule has 8 heteroatoms. The molecule has 2 N–H and O–H groups in total. The average molecular weight is 426 g/mol. The highest BCUT2D eigenvalue weighted by atomic mass is 33.1. The predicted molar refractivity (Wildman–Crippen MR) is 115 cm³/mol. The Morgan fingerprint density at radius 1 is 1.32 bits per heavy atom. The summed E-state index contributed by atoms with van der Waals surface area (Å²) in [6.07, 6.45) is 6.07. The summed E-state index contributed by atoms with van der Waals surface area (Å²) in [5, 5.41) is 12.5. The number of carbonyl (C=O) groups excluding carboxylic acids is 1. The van der Waals surface area contributed by atoms with E-state index in [9.17, 15) is 14.7 Å². The molecule has 1 aliphatic heterocycles. The van der Waals surface area contributed by atoms with Crippen molar-refractivity contribution in [2.45, 2.75) is 75.8 Å².